The summed E-state index contributed by atoms with van der Waals surface area (Å²) in [6.07, 6.45) is 5.96. The van der Waals surface area contributed by atoms with Crippen molar-refractivity contribution in [2.75, 3.05) is 33.7 Å². The summed E-state index contributed by atoms with van der Waals surface area (Å²) in [4.78, 5) is 16.5. The van der Waals surface area contributed by atoms with Crippen LogP contribution in [0.5, 0.6) is 0 Å². The molecule has 1 heterocycles. The van der Waals surface area contributed by atoms with E-state index in [1.807, 2.05) is 19.0 Å². The monoisotopic (exact) mass is 239 g/mol. The van der Waals surface area contributed by atoms with Gasteiger partial charge < -0.3 is 15.1 Å². The Morgan fingerprint density at radius 3 is 2.18 bits per heavy atom. The maximum absolute atomic E-state index is 12.4. The molecule has 2 rings (SSSR count). The highest BCUT2D eigenvalue weighted by molar-refractivity contribution is 5.79. The van der Waals surface area contributed by atoms with Crippen LogP contribution >= 0.6 is 0 Å². The molecular formula is C13H25N3O. The van der Waals surface area contributed by atoms with Crippen LogP contribution in [0.4, 0.5) is 0 Å². The SMILES string of the molecule is CN(C)CC(=O)N(C1CCC1)C1CCNCC1. The summed E-state index contributed by atoms with van der Waals surface area (Å²) in [5.74, 6) is 0.326. The Kier molecular flexibility index (Phi) is 4.40. The minimum absolute atomic E-state index is 0.326. The van der Waals surface area contributed by atoms with Crippen molar-refractivity contribution in [1.29, 1.82) is 0 Å². The molecule has 1 saturated carbocycles. The van der Waals surface area contributed by atoms with E-state index >= 15 is 0 Å². The van der Waals surface area contributed by atoms with E-state index in [4.69, 9.17) is 0 Å². The fraction of sp³-hybridized carbons (Fsp3) is 0.923. The molecule has 4 nitrogen and oxygen atoms in total. The Bertz CT molecular complexity index is 257. The van der Waals surface area contributed by atoms with Gasteiger partial charge in [-0.15, -0.1) is 0 Å². The zero-order valence-corrected chi connectivity index (χ0v) is 11.1. The van der Waals surface area contributed by atoms with Gasteiger partial charge in [-0.1, -0.05) is 0 Å². The second-order valence-electron chi connectivity index (χ2n) is 5.60. The van der Waals surface area contributed by atoms with Crippen molar-refractivity contribution in [2.24, 2.45) is 0 Å². The van der Waals surface area contributed by atoms with E-state index < -0.39 is 0 Å². The van der Waals surface area contributed by atoms with Crippen LogP contribution in [0.3, 0.4) is 0 Å². The maximum atomic E-state index is 12.4. The number of hydrogen-bond acceptors (Lipinski definition) is 3. The van der Waals surface area contributed by atoms with Crippen LogP contribution in [0.15, 0.2) is 0 Å². The minimum Gasteiger partial charge on any atom is -0.336 e. The van der Waals surface area contributed by atoms with Crippen molar-refractivity contribution in [3.05, 3.63) is 0 Å². The van der Waals surface area contributed by atoms with Crippen molar-refractivity contribution in [1.82, 2.24) is 15.1 Å². The fourth-order valence-electron chi connectivity index (χ4n) is 2.81. The molecule has 1 N–H and O–H groups in total. The average molecular weight is 239 g/mol. The van der Waals surface area contributed by atoms with E-state index in [-0.39, 0.29) is 0 Å². The summed E-state index contributed by atoms with van der Waals surface area (Å²) in [5, 5.41) is 3.38. The van der Waals surface area contributed by atoms with Gasteiger partial charge >= 0.3 is 0 Å². The highest BCUT2D eigenvalue weighted by atomic mass is 16.2. The molecule has 1 amide bonds. The van der Waals surface area contributed by atoms with E-state index in [2.05, 4.69) is 10.2 Å². The number of nitrogens with one attached hydrogen (secondary N) is 1. The van der Waals surface area contributed by atoms with Gasteiger partial charge in [-0.05, 0) is 59.3 Å². The van der Waals surface area contributed by atoms with Crippen LogP contribution in [-0.2, 0) is 4.79 Å². The molecule has 0 spiro atoms. The standard InChI is InChI=1S/C13H25N3O/c1-15(2)10-13(17)16(11-4-3-5-11)12-6-8-14-9-7-12/h11-12,14H,3-10H2,1-2H3. The molecule has 4 heteroatoms. The van der Waals surface area contributed by atoms with Crippen LogP contribution in [0.25, 0.3) is 0 Å². The lowest BCUT2D eigenvalue weighted by Crippen LogP contribution is -2.55. The topological polar surface area (TPSA) is 35.6 Å². The molecule has 98 valence electrons. The van der Waals surface area contributed by atoms with Gasteiger partial charge in [0.05, 0.1) is 6.54 Å². The van der Waals surface area contributed by atoms with E-state index in [1.165, 1.54) is 19.3 Å². The molecule has 0 aromatic heterocycles. The predicted molar refractivity (Wildman–Crippen MR) is 68.9 cm³/mol. The smallest absolute Gasteiger partial charge is 0.237 e. The molecule has 1 aliphatic carbocycles. The van der Waals surface area contributed by atoms with Crippen LogP contribution in [-0.4, -0.2) is 61.5 Å². The van der Waals surface area contributed by atoms with Gasteiger partial charge in [-0.3, -0.25) is 4.79 Å². The molecule has 0 aromatic carbocycles. The third-order valence-electron chi connectivity index (χ3n) is 3.91. The van der Waals surface area contributed by atoms with Crippen molar-refractivity contribution >= 4 is 5.91 Å². The van der Waals surface area contributed by atoms with Gasteiger partial charge in [0.15, 0.2) is 0 Å². The zero-order chi connectivity index (χ0) is 12.3. The number of amides is 1. The first-order valence-corrected chi connectivity index (χ1v) is 6.85. The number of piperidine rings is 1. The zero-order valence-electron chi connectivity index (χ0n) is 11.1. The molecule has 0 atom stereocenters. The highest BCUT2D eigenvalue weighted by Crippen LogP contribution is 2.29. The van der Waals surface area contributed by atoms with Gasteiger partial charge in [0, 0.05) is 12.1 Å². The Morgan fingerprint density at radius 2 is 1.71 bits per heavy atom. The summed E-state index contributed by atoms with van der Waals surface area (Å²) in [6, 6.07) is 1.01. The van der Waals surface area contributed by atoms with Gasteiger partial charge in [0.2, 0.25) is 5.91 Å². The van der Waals surface area contributed by atoms with Crippen LogP contribution in [0.2, 0.25) is 0 Å². The Hall–Kier alpha value is -0.610. The van der Waals surface area contributed by atoms with Crippen molar-refractivity contribution < 1.29 is 4.79 Å². The fourth-order valence-corrected chi connectivity index (χ4v) is 2.81. The van der Waals surface area contributed by atoms with E-state index in [9.17, 15) is 4.79 Å². The van der Waals surface area contributed by atoms with Gasteiger partial charge in [0.1, 0.15) is 0 Å². The van der Waals surface area contributed by atoms with E-state index in [0.717, 1.165) is 25.9 Å². The van der Waals surface area contributed by atoms with Gasteiger partial charge in [0.25, 0.3) is 0 Å². The molecular weight excluding hydrogens is 214 g/mol. The lowest BCUT2D eigenvalue weighted by Gasteiger charge is -2.44. The highest BCUT2D eigenvalue weighted by Gasteiger charge is 2.34. The van der Waals surface area contributed by atoms with Crippen LogP contribution in [0.1, 0.15) is 32.1 Å². The van der Waals surface area contributed by atoms with E-state index in [1.54, 1.807) is 0 Å². The Labute approximate surface area is 104 Å². The second-order valence-corrected chi connectivity index (χ2v) is 5.60. The third kappa shape index (κ3) is 3.19. The first kappa shape index (κ1) is 12.8. The van der Waals surface area contributed by atoms with Crippen molar-refractivity contribution in [2.45, 2.75) is 44.2 Å². The van der Waals surface area contributed by atoms with E-state index in [0.29, 0.717) is 24.5 Å². The lowest BCUT2D eigenvalue weighted by molar-refractivity contribution is -0.139. The minimum atomic E-state index is 0.326. The molecule has 0 unspecified atom stereocenters. The number of rotatable bonds is 4. The Balaban J connectivity index is 1.98. The largest absolute Gasteiger partial charge is 0.336 e. The number of hydrogen-bond donors (Lipinski definition) is 1. The quantitative estimate of drug-likeness (QED) is 0.784. The first-order valence-electron chi connectivity index (χ1n) is 6.85. The molecule has 2 fully saturated rings. The summed E-state index contributed by atoms with van der Waals surface area (Å²) in [5.41, 5.74) is 0. The lowest BCUT2D eigenvalue weighted by atomic mass is 9.88. The first-order chi connectivity index (χ1) is 8.18. The maximum Gasteiger partial charge on any atom is 0.237 e. The summed E-state index contributed by atoms with van der Waals surface area (Å²) in [6.45, 7) is 2.67. The van der Waals surface area contributed by atoms with Crippen LogP contribution < -0.4 is 5.32 Å². The van der Waals surface area contributed by atoms with Gasteiger partial charge in [-0.2, -0.15) is 0 Å². The summed E-state index contributed by atoms with van der Waals surface area (Å²) < 4.78 is 0. The summed E-state index contributed by atoms with van der Waals surface area (Å²) >= 11 is 0. The predicted octanol–water partition coefficient (Wildman–Crippen LogP) is 0.681. The normalized spacial score (nSPS) is 22.5. The Morgan fingerprint density at radius 1 is 1.12 bits per heavy atom. The third-order valence-corrected chi connectivity index (χ3v) is 3.91. The van der Waals surface area contributed by atoms with Crippen molar-refractivity contribution in [3.63, 3.8) is 0 Å². The number of likely N-dealkylation sites (N-methyl/N-ethyl adjacent to an activating group) is 1. The second kappa shape index (κ2) is 5.83. The molecule has 0 bridgehead atoms. The summed E-state index contributed by atoms with van der Waals surface area (Å²) in [7, 11) is 3.94. The van der Waals surface area contributed by atoms with Gasteiger partial charge in [-0.25, -0.2) is 0 Å². The molecule has 1 saturated heterocycles. The number of nitrogens with zero attached hydrogens (tertiary/aromatic N) is 2. The molecule has 2 aliphatic rings. The van der Waals surface area contributed by atoms with Crippen molar-refractivity contribution in [3.8, 4) is 0 Å². The number of carbonyl (C=O) groups is 1. The molecule has 0 aromatic rings. The molecule has 1 aliphatic heterocycles. The molecule has 17 heavy (non-hydrogen) atoms. The average Bonchev–Trinajstić information content (AvgIpc) is 2.23. The van der Waals surface area contributed by atoms with Crippen LogP contribution in [0, 0.1) is 0 Å². The number of carbonyl (C=O) groups excluding carboxylic acids is 1. The molecule has 0 radical (unpaired) electrons.